The summed E-state index contributed by atoms with van der Waals surface area (Å²) in [5, 5.41) is 3.85. The van der Waals surface area contributed by atoms with Crippen LogP contribution in [0.1, 0.15) is 74.4 Å². The van der Waals surface area contributed by atoms with Crippen molar-refractivity contribution in [3.63, 3.8) is 0 Å². The van der Waals surface area contributed by atoms with Crippen LogP contribution in [0.3, 0.4) is 0 Å². The molecule has 0 aliphatic rings. The van der Waals surface area contributed by atoms with E-state index in [9.17, 15) is 0 Å². The molecule has 5 rings (SSSR count). The Kier molecular flexibility index (Phi) is 6.19. The molecule has 0 aliphatic carbocycles. The average molecular weight is 458 g/mol. The molecule has 0 aliphatic heterocycles. The zero-order valence-corrected chi connectivity index (χ0v) is 21.5. The van der Waals surface area contributed by atoms with Gasteiger partial charge in [0.15, 0.2) is 0 Å². The molecule has 0 fully saturated rings. The van der Waals surface area contributed by atoms with E-state index in [2.05, 4.69) is 132 Å². The first kappa shape index (κ1) is 23.3. The predicted molar refractivity (Wildman–Crippen MR) is 150 cm³/mol. The van der Waals surface area contributed by atoms with Crippen LogP contribution in [0, 0.1) is 0 Å². The summed E-state index contributed by atoms with van der Waals surface area (Å²) >= 11 is 0. The third-order valence-electron chi connectivity index (χ3n) is 7.56. The lowest BCUT2D eigenvalue weighted by atomic mass is 9.80. The monoisotopic (exact) mass is 457 g/mol. The maximum absolute atomic E-state index is 5.12. The smallest absolute Gasteiger partial charge is 0.0708 e. The summed E-state index contributed by atoms with van der Waals surface area (Å²) in [6.07, 6.45) is 1.05. The largest absolute Gasteiger partial charge is 0.252 e. The van der Waals surface area contributed by atoms with Crippen molar-refractivity contribution in [2.75, 3.05) is 0 Å². The molecule has 0 spiro atoms. The maximum Gasteiger partial charge on any atom is 0.0708 e. The Morgan fingerprint density at radius 2 is 1.46 bits per heavy atom. The summed E-state index contributed by atoms with van der Waals surface area (Å²) in [6.45, 7) is 11.4. The molecule has 1 unspecified atom stereocenters. The predicted octanol–water partition coefficient (Wildman–Crippen LogP) is 9.18. The van der Waals surface area contributed by atoms with Gasteiger partial charge in [0.25, 0.3) is 0 Å². The molecule has 1 heteroatoms. The van der Waals surface area contributed by atoms with Gasteiger partial charge in [-0.15, -0.1) is 0 Å². The van der Waals surface area contributed by atoms with E-state index in [-0.39, 0.29) is 5.41 Å². The number of rotatable bonds is 6. The first-order valence-electron chi connectivity index (χ1n) is 12.8. The summed E-state index contributed by atoms with van der Waals surface area (Å²) in [4.78, 5) is 5.12. The van der Waals surface area contributed by atoms with Crippen molar-refractivity contribution in [3.05, 3.63) is 125 Å². The molecule has 0 bridgehead atoms. The van der Waals surface area contributed by atoms with Crippen molar-refractivity contribution in [2.45, 2.75) is 58.3 Å². The zero-order valence-electron chi connectivity index (χ0n) is 21.5. The molecule has 35 heavy (non-hydrogen) atoms. The topological polar surface area (TPSA) is 12.9 Å². The summed E-state index contributed by atoms with van der Waals surface area (Å²) in [5.74, 6) is 0.988. The third-order valence-corrected chi connectivity index (χ3v) is 7.56. The molecule has 0 saturated carbocycles. The first-order chi connectivity index (χ1) is 16.8. The van der Waals surface area contributed by atoms with Gasteiger partial charge in [0, 0.05) is 10.8 Å². The van der Waals surface area contributed by atoms with Crippen molar-refractivity contribution in [3.8, 4) is 0 Å². The molecule has 0 N–H and O–H groups in total. The van der Waals surface area contributed by atoms with Crippen LogP contribution < -0.4 is 0 Å². The SMILES string of the molecule is CC(C)c1cccc2nc(C(C)(C)c3ccc4cc(CC(C)c5ccccc5)ccc4c3)ccc12. The number of pyridine rings is 1. The quantitative estimate of drug-likeness (QED) is 0.248. The highest BCUT2D eigenvalue weighted by molar-refractivity contribution is 5.85. The lowest BCUT2D eigenvalue weighted by Crippen LogP contribution is -2.20. The number of fused-ring (bicyclic) bond motifs is 2. The van der Waals surface area contributed by atoms with Crippen LogP contribution in [-0.4, -0.2) is 4.98 Å². The number of nitrogens with zero attached hydrogens (tertiary/aromatic N) is 1. The molecule has 0 radical (unpaired) electrons. The van der Waals surface area contributed by atoms with Crippen molar-refractivity contribution >= 4 is 21.7 Å². The van der Waals surface area contributed by atoms with Gasteiger partial charge >= 0.3 is 0 Å². The van der Waals surface area contributed by atoms with E-state index in [4.69, 9.17) is 4.98 Å². The van der Waals surface area contributed by atoms with Gasteiger partial charge in [-0.2, -0.15) is 0 Å². The van der Waals surface area contributed by atoms with Gasteiger partial charge in [-0.25, -0.2) is 0 Å². The fraction of sp³-hybridized carbons (Fsp3) is 0.265. The Balaban J connectivity index is 1.44. The van der Waals surface area contributed by atoms with Gasteiger partial charge in [-0.1, -0.05) is 120 Å². The minimum atomic E-state index is -0.184. The van der Waals surface area contributed by atoms with Gasteiger partial charge in [-0.3, -0.25) is 4.98 Å². The highest BCUT2D eigenvalue weighted by Crippen LogP contribution is 2.35. The van der Waals surface area contributed by atoms with E-state index in [1.807, 2.05) is 0 Å². The molecule has 1 aromatic heterocycles. The molecule has 4 aromatic carbocycles. The van der Waals surface area contributed by atoms with E-state index < -0.39 is 0 Å². The maximum atomic E-state index is 5.12. The third kappa shape index (κ3) is 4.60. The van der Waals surface area contributed by atoms with Crippen LogP contribution in [0.25, 0.3) is 21.7 Å². The van der Waals surface area contributed by atoms with Crippen molar-refractivity contribution in [1.29, 1.82) is 0 Å². The van der Waals surface area contributed by atoms with E-state index in [0.717, 1.165) is 17.6 Å². The second-order valence-electron chi connectivity index (χ2n) is 10.8. The highest BCUT2D eigenvalue weighted by Gasteiger charge is 2.25. The minimum Gasteiger partial charge on any atom is -0.252 e. The Morgan fingerprint density at radius 1 is 0.714 bits per heavy atom. The van der Waals surface area contributed by atoms with Crippen LogP contribution in [0.2, 0.25) is 0 Å². The normalized spacial score (nSPS) is 13.0. The highest BCUT2D eigenvalue weighted by atomic mass is 14.7. The Hall–Kier alpha value is -3.45. The Bertz CT molecular complexity index is 1480. The Morgan fingerprint density at radius 3 is 2.23 bits per heavy atom. The van der Waals surface area contributed by atoms with E-state index in [1.54, 1.807) is 0 Å². The molecule has 0 amide bonds. The second kappa shape index (κ2) is 9.30. The number of hydrogen-bond acceptors (Lipinski definition) is 1. The minimum absolute atomic E-state index is 0.184. The Labute approximate surface area is 209 Å². The van der Waals surface area contributed by atoms with Crippen LogP contribution in [0.5, 0.6) is 0 Å². The summed E-state index contributed by atoms with van der Waals surface area (Å²) < 4.78 is 0. The van der Waals surface area contributed by atoms with Gasteiger partial charge < -0.3 is 0 Å². The van der Waals surface area contributed by atoms with Crippen molar-refractivity contribution in [2.24, 2.45) is 0 Å². The van der Waals surface area contributed by atoms with Crippen LogP contribution in [-0.2, 0) is 11.8 Å². The van der Waals surface area contributed by atoms with E-state index >= 15 is 0 Å². The molecular formula is C34H35N. The zero-order chi connectivity index (χ0) is 24.6. The van der Waals surface area contributed by atoms with Gasteiger partial charge in [0.05, 0.1) is 11.2 Å². The van der Waals surface area contributed by atoms with Crippen LogP contribution in [0.4, 0.5) is 0 Å². The number of aromatic nitrogens is 1. The van der Waals surface area contributed by atoms with E-state index in [1.165, 1.54) is 38.4 Å². The lowest BCUT2D eigenvalue weighted by molar-refractivity contribution is 0.621. The van der Waals surface area contributed by atoms with Crippen LogP contribution >= 0.6 is 0 Å². The van der Waals surface area contributed by atoms with E-state index in [0.29, 0.717) is 11.8 Å². The fourth-order valence-electron chi connectivity index (χ4n) is 5.24. The second-order valence-corrected chi connectivity index (χ2v) is 10.8. The first-order valence-corrected chi connectivity index (χ1v) is 12.8. The molecule has 5 aromatic rings. The molecule has 1 nitrogen and oxygen atoms in total. The fourth-order valence-corrected chi connectivity index (χ4v) is 5.24. The van der Waals surface area contributed by atoms with Crippen LogP contribution in [0.15, 0.2) is 97.1 Å². The summed E-state index contributed by atoms with van der Waals surface area (Å²) in [7, 11) is 0. The molecule has 176 valence electrons. The summed E-state index contributed by atoms with van der Waals surface area (Å²) in [6, 6.07) is 35.6. The molecular weight excluding hydrogens is 422 g/mol. The number of benzene rings is 4. The van der Waals surface area contributed by atoms with Gasteiger partial charge in [0.2, 0.25) is 0 Å². The summed E-state index contributed by atoms with van der Waals surface area (Å²) in [5.41, 5.74) is 7.45. The molecule has 0 saturated heterocycles. The van der Waals surface area contributed by atoms with Crippen molar-refractivity contribution < 1.29 is 0 Å². The average Bonchev–Trinajstić information content (AvgIpc) is 2.88. The number of hydrogen-bond donors (Lipinski definition) is 0. The molecule has 1 atom stereocenters. The lowest BCUT2D eigenvalue weighted by Gasteiger charge is -2.26. The standard InChI is InChI=1S/C34H35N/c1-23(2)30-12-9-13-32-31(30)18-19-33(35-32)34(4,5)29-17-16-27-21-25(14-15-28(27)22-29)20-24(3)26-10-7-6-8-11-26/h6-19,21-24H,20H2,1-5H3. The molecule has 1 heterocycles. The van der Waals surface area contributed by atoms with Gasteiger partial charge in [0.1, 0.15) is 0 Å². The van der Waals surface area contributed by atoms with Gasteiger partial charge in [-0.05, 0) is 63.4 Å². The van der Waals surface area contributed by atoms with Crippen molar-refractivity contribution in [1.82, 2.24) is 4.98 Å².